The van der Waals surface area contributed by atoms with E-state index in [-0.39, 0.29) is 5.91 Å². The third-order valence-corrected chi connectivity index (χ3v) is 4.48. The van der Waals surface area contributed by atoms with Gasteiger partial charge in [0.1, 0.15) is 10.6 Å². The molecule has 0 saturated heterocycles. The molecule has 22 heavy (non-hydrogen) atoms. The number of rotatable bonds is 4. The number of thiazole rings is 1. The number of aryl methyl sites for hydroxylation is 1. The maximum atomic E-state index is 12.1. The minimum atomic E-state index is -0.214. The molecule has 1 amide bonds. The normalized spacial score (nSPS) is 10.5. The van der Waals surface area contributed by atoms with Gasteiger partial charge in [0.25, 0.3) is 5.91 Å². The lowest BCUT2D eigenvalue weighted by Gasteiger charge is -2.01. The standard InChI is InChI=1S/C14H12N4O2S2/c1-8-11(21-7-15-8)13(19)17-14-16-12(18-22-14)9-4-3-5-10(6-9)20-2/h3-7H,1-2H3,(H,16,17,18,19). The van der Waals surface area contributed by atoms with Gasteiger partial charge in [-0.05, 0) is 19.1 Å². The molecule has 0 aliphatic carbocycles. The van der Waals surface area contributed by atoms with Crippen molar-refractivity contribution < 1.29 is 9.53 Å². The van der Waals surface area contributed by atoms with Crippen molar-refractivity contribution in [3.63, 3.8) is 0 Å². The number of anilines is 1. The fourth-order valence-electron chi connectivity index (χ4n) is 1.83. The van der Waals surface area contributed by atoms with Crippen LogP contribution in [0.25, 0.3) is 11.4 Å². The van der Waals surface area contributed by atoms with Crippen molar-refractivity contribution in [3.8, 4) is 17.1 Å². The molecule has 2 heterocycles. The molecule has 1 N–H and O–H groups in total. The van der Waals surface area contributed by atoms with Gasteiger partial charge in [-0.25, -0.2) is 4.98 Å². The summed E-state index contributed by atoms with van der Waals surface area (Å²) < 4.78 is 9.45. The predicted molar refractivity (Wildman–Crippen MR) is 86.7 cm³/mol. The molecule has 0 aliphatic rings. The molecule has 3 aromatic rings. The second-order valence-electron chi connectivity index (χ2n) is 4.38. The fraction of sp³-hybridized carbons (Fsp3) is 0.143. The summed E-state index contributed by atoms with van der Waals surface area (Å²) in [6, 6.07) is 7.46. The summed E-state index contributed by atoms with van der Waals surface area (Å²) in [5, 5.41) is 3.20. The van der Waals surface area contributed by atoms with Crippen LogP contribution in [0.3, 0.4) is 0 Å². The van der Waals surface area contributed by atoms with Gasteiger partial charge in [0.15, 0.2) is 5.82 Å². The highest BCUT2D eigenvalue weighted by Crippen LogP contribution is 2.25. The first-order valence-corrected chi connectivity index (χ1v) is 8.02. The van der Waals surface area contributed by atoms with Gasteiger partial charge < -0.3 is 4.74 Å². The van der Waals surface area contributed by atoms with Gasteiger partial charge in [0.05, 0.1) is 18.3 Å². The van der Waals surface area contributed by atoms with Gasteiger partial charge in [-0.1, -0.05) is 12.1 Å². The van der Waals surface area contributed by atoms with Gasteiger partial charge in [-0.3, -0.25) is 10.1 Å². The average molecular weight is 332 g/mol. The molecule has 0 saturated carbocycles. The van der Waals surface area contributed by atoms with Crippen molar-refractivity contribution in [2.24, 2.45) is 0 Å². The molecule has 0 fully saturated rings. The smallest absolute Gasteiger partial charge is 0.269 e. The number of carbonyl (C=O) groups is 1. The van der Waals surface area contributed by atoms with Crippen LogP contribution in [0, 0.1) is 6.92 Å². The Hall–Kier alpha value is -2.32. The Bertz CT molecular complexity index is 813. The van der Waals surface area contributed by atoms with Gasteiger partial charge in [0.2, 0.25) is 5.13 Å². The van der Waals surface area contributed by atoms with Crippen LogP contribution >= 0.6 is 22.9 Å². The Morgan fingerprint density at radius 3 is 2.95 bits per heavy atom. The zero-order valence-corrected chi connectivity index (χ0v) is 13.5. The molecule has 0 bridgehead atoms. The topological polar surface area (TPSA) is 77.0 Å². The average Bonchev–Trinajstić information content (AvgIpc) is 3.16. The predicted octanol–water partition coefficient (Wildman–Crippen LogP) is 3.23. The van der Waals surface area contributed by atoms with Crippen molar-refractivity contribution in [1.29, 1.82) is 0 Å². The van der Waals surface area contributed by atoms with Crippen LogP contribution < -0.4 is 10.1 Å². The highest BCUT2D eigenvalue weighted by Gasteiger charge is 2.15. The first-order chi connectivity index (χ1) is 10.7. The lowest BCUT2D eigenvalue weighted by atomic mass is 10.2. The van der Waals surface area contributed by atoms with Gasteiger partial charge in [-0.2, -0.15) is 9.36 Å². The summed E-state index contributed by atoms with van der Waals surface area (Å²) in [5.41, 5.74) is 3.19. The van der Waals surface area contributed by atoms with Crippen molar-refractivity contribution in [3.05, 3.63) is 40.3 Å². The minimum Gasteiger partial charge on any atom is -0.497 e. The highest BCUT2D eigenvalue weighted by atomic mass is 32.1. The van der Waals surface area contributed by atoms with E-state index in [4.69, 9.17) is 4.74 Å². The minimum absolute atomic E-state index is 0.214. The molecule has 3 rings (SSSR count). The molecule has 0 atom stereocenters. The number of hydrogen-bond acceptors (Lipinski definition) is 7. The first-order valence-electron chi connectivity index (χ1n) is 6.37. The van der Waals surface area contributed by atoms with E-state index in [1.807, 2.05) is 24.3 Å². The Kier molecular flexibility index (Phi) is 4.12. The maximum absolute atomic E-state index is 12.1. The number of benzene rings is 1. The van der Waals surface area contributed by atoms with E-state index in [2.05, 4.69) is 19.7 Å². The Balaban J connectivity index is 1.79. The molecule has 0 aliphatic heterocycles. The largest absolute Gasteiger partial charge is 0.497 e. The molecular formula is C14H12N4O2S2. The summed E-state index contributed by atoms with van der Waals surface area (Å²) in [4.78, 5) is 21.1. The number of hydrogen-bond donors (Lipinski definition) is 1. The van der Waals surface area contributed by atoms with E-state index >= 15 is 0 Å². The number of nitrogens with one attached hydrogen (secondary N) is 1. The summed E-state index contributed by atoms with van der Waals surface area (Å²) in [7, 11) is 1.61. The van der Waals surface area contributed by atoms with Crippen molar-refractivity contribution in [2.45, 2.75) is 6.92 Å². The van der Waals surface area contributed by atoms with Crippen LogP contribution in [0.2, 0.25) is 0 Å². The molecule has 0 spiro atoms. The number of ether oxygens (including phenoxy) is 1. The summed E-state index contributed by atoms with van der Waals surface area (Å²) in [6.45, 7) is 1.80. The van der Waals surface area contributed by atoms with Crippen LogP contribution in [-0.4, -0.2) is 27.4 Å². The van der Waals surface area contributed by atoms with Crippen LogP contribution in [0.15, 0.2) is 29.8 Å². The lowest BCUT2D eigenvalue weighted by Crippen LogP contribution is -2.11. The Labute approximate surface area is 135 Å². The molecule has 0 radical (unpaired) electrons. The monoisotopic (exact) mass is 332 g/mol. The quantitative estimate of drug-likeness (QED) is 0.794. The van der Waals surface area contributed by atoms with E-state index in [9.17, 15) is 4.79 Å². The third kappa shape index (κ3) is 2.97. The number of amides is 1. The molecule has 2 aromatic heterocycles. The molecule has 1 aromatic carbocycles. The molecule has 8 heteroatoms. The van der Waals surface area contributed by atoms with E-state index < -0.39 is 0 Å². The van der Waals surface area contributed by atoms with Crippen LogP contribution in [0.4, 0.5) is 5.13 Å². The molecular weight excluding hydrogens is 320 g/mol. The van der Waals surface area contributed by atoms with Crippen LogP contribution in [-0.2, 0) is 0 Å². The number of carbonyl (C=O) groups excluding carboxylic acids is 1. The van der Waals surface area contributed by atoms with Crippen molar-refractivity contribution in [2.75, 3.05) is 12.4 Å². The van der Waals surface area contributed by atoms with E-state index in [0.717, 1.165) is 22.8 Å². The van der Waals surface area contributed by atoms with Crippen molar-refractivity contribution in [1.82, 2.24) is 14.3 Å². The second kappa shape index (κ2) is 6.20. The van der Waals surface area contributed by atoms with Crippen LogP contribution in [0.1, 0.15) is 15.4 Å². The summed E-state index contributed by atoms with van der Waals surface area (Å²) in [5.74, 6) is 1.08. The molecule has 0 unspecified atom stereocenters. The van der Waals surface area contributed by atoms with E-state index in [1.54, 1.807) is 19.5 Å². The maximum Gasteiger partial charge on any atom is 0.269 e. The van der Waals surface area contributed by atoms with Gasteiger partial charge in [-0.15, -0.1) is 11.3 Å². The molecule has 6 nitrogen and oxygen atoms in total. The fourth-order valence-corrected chi connectivity index (χ4v) is 3.11. The number of aromatic nitrogens is 3. The Morgan fingerprint density at radius 1 is 1.36 bits per heavy atom. The van der Waals surface area contributed by atoms with E-state index in [1.165, 1.54) is 11.3 Å². The zero-order chi connectivity index (χ0) is 15.5. The first kappa shape index (κ1) is 14.6. The SMILES string of the molecule is COc1cccc(-c2nsc(NC(=O)c3scnc3C)n2)c1. The van der Waals surface area contributed by atoms with E-state index in [0.29, 0.717) is 21.5 Å². The Morgan fingerprint density at radius 2 is 2.23 bits per heavy atom. The summed E-state index contributed by atoms with van der Waals surface area (Å²) in [6.07, 6.45) is 0. The summed E-state index contributed by atoms with van der Waals surface area (Å²) >= 11 is 2.44. The van der Waals surface area contributed by atoms with Crippen LogP contribution in [0.5, 0.6) is 5.75 Å². The van der Waals surface area contributed by atoms with Gasteiger partial charge >= 0.3 is 0 Å². The van der Waals surface area contributed by atoms with Crippen molar-refractivity contribution >= 4 is 33.9 Å². The molecule has 112 valence electrons. The number of methoxy groups -OCH3 is 1. The lowest BCUT2D eigenvalue weighted by molar-refractivity contribution is 0.103. The highest BCUT2D eigenvalue weighted by molar-refractivity contribution is 7.12. The third-order valence-electron chi connectivity index (χ3n) is 2.93. The zero-order valence-electron chi connectivity index (χ0n) is 11.9. The van der Waals surface area contributed by atoms with Gasteiger partial charge in [0, 0.05) is 17.1 Å². The number of nitrogens with zero attached hydrogens (tertiary/aromatic N) is 3. The second-order valence-corrected chi connectivity index (χ2v) is 5.98.